The van der Waals surface area contributed by atoms with Crippen molar-refractivity contribution in [3.8, 4) is 5.75 Å². The Morgan fingerprint density at radius 3 is 2.69 bits per heavy atom. The molecule has 2 N–H and O–H groups in total. The number of likely N-dealkylation sites (N-methyl/N-ethyl adjacent to an activating group) is 1. The van der Waals surface area contributed by atoms with E-state index < -0.39 is 17.8 Å². The zero-order valence-corrected chi connectivity index (χ0v) is 22.4. The summed E-state index contributed by atoms with van der Waals surface area (Å²) in [6.07, 6.45) is 7.75. The molecule has 2 amide bonds. The topological polar surface area (TPSA) is 126 Å². The van der Waals surface area contributed by atoms with Crippen LogP contribution in [0, 0.1) is 6.92 Å². The van der Waals surface area contributed by atoms with Crippen LogP contribution in [0.1, 0.15) is 27.3 Å². The van der Waals surface area contributed by atoms with Gasteiger partial charge in [0.2, 0.25) is 11.8 Å². The predicted molar refractivity (Wildman–Crippen MR) is 147 cm³/mol. The fourth-order valence-corrected chi connectivity index (χ4v) is 4.23. The maximum atomic E-state index is 12.8. The summed E-state index contributed by atoms with van der Waals surface area (Å²) in [5.74, 6) is -1.53. The molecule has 0 aliphatic heterocycles. The number of benzene rings is 1. The molecule has 200 valence electrons. The van der Waals surface area contributed by atoms with Gasteiger partial charge < -0.3 is 24.5 Å². The van der Waals surface area contributed by atoms with Crippen LogP contribution in [0.5, 0.6) is 5.75 Å². The van der Waals surface area contributed by atoms with Crippen LogP contribution in [0.15, 0.2) is 61.1 Å². The van der Waals surface area contributed by atoms with Crippen LogP contribution in [-0.2, 0) is 16.2 Å². The van der Waals surface area contributed by atoms with Gasteiger partial charge in [0, 0.05) is 42.3 Å². The number of nitrogens with zero attached hydrogens (tertiary/aromatic N) is 4. The van der Waals surface area contributed by atoms with Crippen LogP contribution in [-0.4, -0.2) is 50.9 Å². The van der Waals surface area contributed by atoms with Crippen molar-refractivity contribution >= 4 is 58.4 Å². The number of anilines is 1. The van der Waals surface area contributed by atoms with E-state index in [9.17, 15) is 14.4 Å². The molecule has 10 nitrogen and oxygen atoms in total. The number of amides is 2. The second-order valence-corrected chi connectivity index (χ2v) is 9.20. The molecule has 0 fully saturated rings. The normalized spacial score (nSPS) is 11.1. The fourth-order valence-electron chi connectivity index (χ4n) is 3.63. The average molecular weight is 568 g/mol. The molecular formula is C27H23Cl2N5O5. The van der Waals surface area contributed by atoms with Crippen LogP contribution in [0.3, 0.4) is 0 Å². The third-order valence-electron chi connectivity index (χ3n) is 5.69. The van der Waals surface area contributed by atoms with Gasteiger partial charge in [-0.15, -0.1) is 0 Å². The molecule has 4 rings (SSSR count). The number of pyridine rings is 2. The smallest absolute Gasteiger partial charge is 0.354 e. The van der Waals surface area contributed by atoms with Crippen molar-refractivity contribution in [2.45, 2.75) is 13.5 Å². The summed E-state index contributed by atoms with van der Waals surface area (Å²) in [5.41, 5.74) is 2.82. The number of carboxylic acid groups (broad SMARTS) is 1. The van der Waals surface area contributed by atoms with Crippen molar-refractivity contribution in [1.29, 1.82) is 0 Å². The first-order chi connectivity index (χ1) is 18.6. The Balaban J connectivity index is 1.39. The quantitative estimate of drug-likeness (QED) is 0.287. The zero-order chi connectivity index (χ0) is 28.1. The summed E-state index contributed by atoms with van der Waals surface area (Å²) in [5, 5.41) is 12.0. The third kappa shape index (κ3) is 6.54. The maximum Gasteiger partial charge on any atom is 0.354 e. The van der Waals surface area contributed by atoms with Gasteiger partial charge in [-0.05, 0) is 48.9 Å². The number of aromatic nitrogens is 3. The summed E-state index contributed by atoms with van der Waals surface area (Å²) < 4.78 is 7.84. The minimum Gasteiger partial charge on any atom is -0.485 e. The van der Waals surface area contributed by atoms with E-state index in [2.05, 4.69) is 15.3 Å². The molecule has 0 atom stereocenters. The number of fused-ring (bicyclic) bond motifs is 1. The first-order valence-electron chi connectivity index (χ1n) is 11.6. The van der Waals surface area contributed by atoms with Gasteiger partial charge in [0.25, 0.3) is 0 Å². The van der Waals surface area contributed by atoms with E-state index in [0.29, 0.717) is 33.2 Å². The summed E-state index contributed by atoms with van der Waals surface area (Å²) in [6, 6.07) is 9.70. The number of carbonyl (C=O) groups excluding carboxylic acids is 2. The van der Waals surface area contributed by atoms with Crippen molar-refractivity contribution in [1.82, 2.24) is 19.7 Å². The van der Waals surface area contributed by atoms with Gasteiger partial charge >= 0.3 is 5.97 Å². The number of halogens is 2. The fraction of sp³-hybridized carbons (Fsp3) is 0.148. The molecule has 3 aromatic heterocycles. The van der Waals surface area contributed by atoms with Crippen molar-refractivity contribution in [3.63, 3.8) is 0 Å². The predicted octanol–water partition coefficient (Wildman–Crippen LogP) is 4.41. The van der Waals surface area contributed by atoms with E-state index in [1.54, 1.807) is 18.2 Å². The molecule has 12 heteroatoms. The van der Waals surface area contributed by atoms with E-state index in [0.717, 1.165) is 5.69 Å². The lowest BCUT2D eigenvalue weighted by atomic mass is 10.2. The van der Waals surface area contributed by atoms with Gasteiger partial charge in [-0.25, -0.2) is 14.8 Å². The van der Waals surface area contributed by atoms with Crippen LogP contribution in [0.25, 0.3) is 11.7 Å². The van der Waals surface area contributed by atoms with E-state index in [1.165, 1.54) is 42.4 Å². The number of imidazole rings is 1. The number of rotatable bonds is 9. The van der Waals surface area contributed by atoms with Crippen molar-refractivity contribution in [2.75, 3.05) is 18.5 Å². The summed E-state index contributed by atoms with van der Waals surface area (Å²) >= 11 is 13.0. The Hall–Kier alpha value is -4.41. The van der Waals surface area contributed by atoms with Crippen LogP contribution < -0.4 is 15.0 Å². The van der Waals surface area contributed by atoms with E-state index >= 15 is 0 Å². The van der Waals surface area contributed by atoms with Gasteiger partial charge in [-0.1, -0.05) is 29.3 Å². The number of nitrogens with one attached hydrogen (secondary N) is 1. The molecule has 0 saturated carbocycles. The van der Waals surface area contributed by atoms with E-state index in [4.69, 9.17) is 33.0 Å². The van der Waals surface area contributed by atoms with Crippen LogP contribution in [0.4, 0.5) is 5.69 Å². The molecule has 1 aromatic carbocycles. The van der Waals surface area contributed by atoms with Gasteiger partial charge in [0.05, 0.1) is 22.9 Å². The lowest BCUT2D eigenvalue weighted by Crippen LogP contribution is -2.37. The minimum atomic E-state index is -1.15. The highest BCUT2D eigenvalue weighted by Crippen LogP contribution is 2.35. The van der Waals surface area contributed by atoms with Gasteiger partial charge in [-0.2, -0.15) is 0 Å². The molecule has 4 aromatic rings. The van der Waals surface area contributed by atoms with Gasteiger partial charge in [0.15, 0.2) is 11.4 Å². The number of aromatic carboxylic acids is 1. The number of hydrogen-bond acceptors (Lipinski definition) is 6. The first-order valence-corrected chi connectivity index (χ1v) is 12.4. The monoisotopic (exact) mass is 567 g/mol. The van der Waals surface area contributed by atoms with Gasteiger partial charge in [-0.3, -0.25) is 9.59 Å². The highest BCUT2D eigenvalue weighted by Gasteiger charge is 2.19. The number of carbonyl (C=O) groups is 3. The average Bonchev–Trinajstić information content (AvgIpc) is 3.31. The molecule has 3 heterocycles. The summed E-state index contributed by atoms with van der Waals surface area (Å²) in [7, 11) is 1.54. The van der Waals surface area contributed by atoms with Crippen LogP contribution >= 0.6 is 23.2 Å². The number of hydrogen-bond donors (Lipinski definition) is 2. The Bertz CT molecular complexity index is 1580. The highest BCUT2D eigenvalue weighted by atomic mass is 35.5. The molecular weight excluding hydrogens is 545 g/mol. The Kier molecular flexibility index (Phi) is 8.48. The lowest BCUT2D eigenvalue weighted by Gasteiger charge is -2.21. The molecule has 0 aliphatic carbocycles. The van der Waals surface area contributed by atoms with Gasteiger partial charge in [0.1, 0.15) is 12.3 Å². The second kappa shape index (κ2) is 12.0. The van der Waals surface area contributed by atoms with Crippen LogP contribution in [0.2, 0.25) is 10.0 Å². The zero-order valence-electron chi connectivity index (χ0n) is 20.9. The molecule has 0 unspecified atom stereocenters. The second-order valence-electron chi connectivity index (χ2n) is 8.42. The molecule has 0 radical (unpaired) electrons. The molecule has 0 bridgehead atoms. The van der Waals surface area contributed by atoms with Crippen molar-refractivity contribution in [3.05, 3.63) is 93.6 Å². The highest BCUT2D eigenvalue weighted by molar-refractivity contribution is 6.38. The van der Waals surface area contributed by atoms with E-state index in [-0.39, 0.29) is 23.9 Å². The standard InChI is InChI=1S/C27H23Cl2N5O5/c1-16-14-34-11-3-4-22(26(34)32-16)39-15-18-19(28)7-9-21(25(18)29)33(2)24(36)13-31-23(35)10-6-17-5-8-20(27(37)38)30-12-17/h3-12,14H,13,15H2,1-2H3,(H,31,35)(H,37,38)/b10-6+. The Morgan fingerprint density at radius 2 is 1.97 bits per heavy atom. The Labute approximate surface area is 233 Å². The molecule has 0 aliphatic rings. The Morgan fingerprint density at radius 1 is 1.18 bits per heavy atom. The lowest BCUT2D eigenvalue weighted by molar-refractivity contribution is -0.122. The maximum absolute atomic E-state index is 12.8. The summed E-state index contributed by atoms with van der Waals surface area (Å²) in [4.78, 5) is 45.4. The molecule has 39 heavy (non-hydrogen) atoms. The third-order valence-corrected chi connectivity index (χ3v) is 6.46. The van der Waals surface area contributed by atoms with E-state index in [1.807, 2.05) is 29.8 Å². The largest absolute Gasteiger partial charge is 0.485 e. The van der Waals surface area contributed by atoms with Crippen molar-refractivity contribution < 1.29 is 24.2 Å². The number of ether oxygens (including phenoxy) is 1. The number of carboxylic acids is 1. The minimum absolute atomic E-state index is 0.0446. The molecule has 0 saturated heterocycles. The SMILES string of the molecule is Cc1cn2cccc(OCc3c(Cl)ccc(N(C)C(=O)CNC(=O)/C=C/c4ccc(C(=O)O)nc4)c3Cl)c2n1. The summed E-state index contributed by atoms with van der Waals surface area (Å²) in [6.45, 7) is 1.64. The molecule has 0 spiro atoms. The first kappa shape index (κ1) is 27.6. The van der Waals surface area contributed by atoms with Crippen molar-refractivity contribution in [2.24, 2.45) is 0 Å². The number of aryl methyl sites for hydroxylation is 1.